The average Bonchev–Trinajstić information content (AvgIpc) is 2.64. The van der Waals surface area contributed by atoms with Gasteiger partial charge in [0, 0.05) is 21.2 Å². The van der Waals surface area contributed by atoms with Crippen LogP contribution in [0.25, 0.3) is 0 Å². The lowest BCUT2D eigenvalue weighted by Gasteiger charge is -2.34. The first-order valence-corrected chi connectivity index (χ1v) is 10.9. The van der Waals surface area contributed by atoms with E-state index in [2.05, 4.69) is 0 Å². The number of rotatable bonds is 4. The summed E-state index contributed by atoms with van der Waals surface area (Å²) in [6.07, 6.45) is 0. The van der Waals surface area contributed by atoms with Gasteiger partial charge < -0.3 is 10.2 Å². The summed E-state index contributed by atoms with van der Waals surface area (Å²) in [4.78, 5) is 0. The van der Waals surface area contributed by atoms with Crippen molar-refractivity contribution in [2.75, 3.05) is 0 Å². The highest BCUT2D eigenvalue weighted by atomic mass is 35.5. The lowest BCUT2D eigenvalue weighted by molar-refractivity contribution is 0.440. The van der Waals surface area contributed by atoms with Crippen LogP contribution < -0.4 is 0 Å². The minimum atomic E-state index is -5.11. The fourth-order valence-corrected chi connectivity index (χ4v) is 5.58. The summed E-state index contributed by atoms with van der Waals surface area (Å²) in [5, 5.41) is 19.9. The molecule has 152 valence electrons. The van der Waals surface area contributed by atoms with Crippen molar-refractivity contribution in [3.63, 3.8) is 0 Å². The highest BCUT2D eigenvalue weighted by Gasteiger charge is 2.52. The highest BCUT2D eigenvalue weighted by Crippen LogP contribution is 2.53. The predicted molar refractivity (Wildman–Crippen MR) is 114 cm³/mol. The zero-order valence-corrected chi connectivity index (χ0v) is 18.1. The van der Waals surface area contributed by atoms with E-state index in [4.69, 9.17) is 46.4 Å². The summed E-state index contributed by atoms with van der Waals surface area (Å²) < 4.78 is 34.0. The average molecular weight is 494 g/mol. The third-order valence-corrected chi connectivity index (χ3v) is 7.30. The van der Waals surface area contributed by atoms with Gasteiger partial charge in [-0.1, -0.05) is 70.7 Å². The zero-order valence-electron chi connectivity index (χ0n) is 14.3. The fraction of sp³-hybridized carbons (Fsp3) is 0.0526. The normalized spacial score (nSPS) is 13.8. The van der Waals surface area contributed by atoms with E-state index in [1.807, 2.05) is 0 Å². The minimum Gasteiger partial charge on any atom is -0.508 e. The quantitative estimate of drug-likeness (QED) is 0.311. The Kier molecular flexibility index (Phi) is 5.98. The second-order valence-electron chi connectivity index (χ2n) is 6.06. The molecule has 0 aliphatic rings. The molecule has 0 amide bonds. The Hall–Kier alpha value is -1.67. The molecule has 3 N–H and O–H groups in total. The Bertz CT molecular complexity index is 1180. The molecule has 0 fully saturated rings. The van der Waals surface area contributed by atoms with Gasteiger partial charge in [0.2, 0.25) is 0 Å². The third kappa shape index (κ3) is 3.54. The molecule has 0 spiro atoms. The van der Waals surface area contributed by atoms with Crippen molar-refractivity contribution in [1.29, 1.82) is 0 Å². The van der Waals surface area contributed by atoms with Gasteiger partial charge in [0.05, 0.1) is 5.02 Å². The summed E-state index contributed by atoms with van der Waals surface area (Å²) in [7, 11) is -5.11. The van der Waals surface area contributed by atoms with Crippen molar-refractivity contribution < 1.29 is 23.2 Å². The Labute approximate surface area is 186 Å². The van der Waals surface area contributed by atoms with Crippen LogP contribution in [0.5, 0.6) is 11.5 Å². The minimum absolute atomic E-state index is 0.0172. The molecule has 29 heavy (non-hydrogen) atoms. The molecule has 0 heterocycles. The van der Waals surface area contributed by atoms with Crippen LogP contribution in [0.1, 0.15) is 16.7 Å². The highest BCUT2D eigenvalue weighted by molar-refractivity contribution is 7.87. The van der Waals surface area contributed by atoms with Crippen LogP contribution in [-0.4, -0.2) is 23.2 Å². The van der Waals surface area contributed by atoms with Gasteiger partial charge in [0.15, 0.2) is 4.75 Å². The molecule has 0 saturated heterocycles. The second-order valence-corrected chi connectivity index (χ2v) is 9.22. The number of hydrogen-bond acceptors (Lipinski definition) is 4. The summed E-state index contributed by atoms with van der Waals surface area (Å²) in [6.45, 7) is 0. The monoisotopic (exact) mass is 492 g/mol. The van der Waals surface area contributed by atoms with Crippen LogP contribution in [0, 0.1) is 0 Å². The van der Waals surface area contributed by atoms with Gasteiger partial charge in [-0.05, 0) is 35.9 Å². The smallest absolute Gasteiger partial charge is 0.283 e. The third-order valence-electron chi connectivity index (χ3n) is 4.42. The maximum absolute atomic E-state index is 13.0. The van der Waals surface area contributed by atoms with Crippen molar-refractivity contribution in [3.8, 4) is 11.5 Å². The maximum Gasteiger partial charge on any atom is 0.283 e. The van der Waals surface area contributed by atoms with Crippen molar-refractivity contribution in [2.45, 2.75) is 4.75 Å². The number of halogens is 4. The first kappa shape index (κ1) is 22.0. The zero-order chi connectivity index (χ0) is 21.6. The number of phenolic OH excluding ortho intramolecular Hbond substituents is 2. The Morgan fingerprint density at radius 3 is 1.93 bits per heavy atom. The van der Waals surface area contributed by atoms with Crippen molar-refractivity contribution in [1.82, 2.24) is 0 Å². The number of hydrogen-bond donors (Lipinski definition) is 3. The van der Waals surface area contributed by atoms with Crippen LogP contribution >= 0.6 is 46.4 Å². The van der Waals surface area contributed by atoms with Crippen LogP contribution in [0.3, 0.4) is 0 Å². The molecule has 10 heteroatoms. The molecular formula is C19H12Cl4O5S. The van der Waals surface area contributed by atoms with Gasteiger partial charge in [-0.2, -0.15) is 8.42 Å². The van der Waals surface area contributed by atoms with E-state index >= 15 is 0 Å². The van der Waals surface area contributed by atoms with Gasteiger partial charge >= 0.3 is 0 Å². The SMILES string of the molecule is O=S(=O)(O)C(c1ccc(Cl)cc1)(c1ccc(O)c(Cl)c1Cl)c1c(O)cccc1Cl. The first-order chi connectivity index (χ1) is 13.5. The van der Waals surface area contributed by atoms with Gasteiger partial charge in [-0.15, -0.1) is 0 Å². The second kappa shape index (κ2) is 7.87. The first-order valence-electron chi connectivity index (χ1n) is 7.90. The largest absolute Gasteiger partial charge is 0.508 e. The van der Waals surface area contributed by atoms with E-state index in [-0.39, 0.29) is 31.8 Å². The fourth-order valence-electron chi connectivity index (χ4n) is 3.21. The van der Waals surface area contributed by atoms with E-state index in [1.165, 1.54) is 48.5 Å². The van der Waals surface area contributed by atoms with Crippen LogP contribution in [-0.2, 0) is 14.9 Å². The van der Waals surface area contributed by atoms with E-state index in [1.54, 1.807) is 0 Å². The van der Waals surface area contributed by atoms with Crippen LogP contribution in [0.4, 0.5) is 0 Å². The van der Waals surface area contributed by atoms with Gasteiger partial charge in [0.1, 0.15) is 16.5 Å². The van der Waals surface area contributed by atoms with E-state index in [0.717, 1.165) is 6.07 Å². The predicted octanol–water partition coefficient (Wildman–Crippen LogP) is 5.89. The molecular weight excluding hydrogens is 482 g/mol. The molecule has 3 aromatic carbocycles. The molecule has 5 nitrogen and oxygen atoms in total. The van der Waals surface area contributed by atoms with E-state index < -0.39 is 26.4 Å². The lowest BCUT2D eigenvalue weighted by atomic mass is 9.83. The molecule has 0 aromatic heterocycles. The van der Waals surface area contributed by atoms with Crippen LogP contribution in [0.2, 0.25) is 20.1 Å². The van der Waals surface area contributed by atoms with Crippen LogP contribution in [0.15, 0.2) is 54.6 Å². The van der Waals surface area contributed by atoms with Gasteiger partial charge in [0.25, 0.3) is 10.1 Å². The molecule has 1 atom stereocenters. The van der Waals surface area contributed by atoms with Crippen molar-refractivity contribution in [3.05, 3.63) is 91.4 Å². The molecule has 0 radical (unpaired) electrons. The molecule has 3 rings (SSSR count). The summed E-state index contributed by atoms with van der Waals surface area (Å²) in [5.41, 5.74) is -0.582. The summed E-state index contributed by atoms with van der Waals surface area (Å²) in [6, 6.07) is 11.8. The summed E-state index contributed by atoms with van der Waals surface area (Å²) in [5.74, 6) is -0.908. The number of benzene rings is 3. The van der Waals surface area contributed by atoms with Crippen molar-refractivity contribution >= 4 is 56.5 Å². The number of aromatic hydroxyl groups is 2. The molecule has 0 saturated carbocycles. The molecule has 3 aromatic rings. The van der Waals surface area contributed by atoms with Crippen molar-refractivity contribution in [2.24, 2.45) is 0 Å². The lowest BCUT2D eigenvalue weighted by Crippen LogP contribution is -2.39. The molecule has 1 unspecified atom stereocenters. The summed E-state index contributed by atoms with van der Waals surface area (Å²) >= 11 is 24.6. The standard InChI is InChI=1S/C19H12Cl4O5S/c20-11-6-4-10(5-7-11)19(29(26,27)28,16-13(21)2-1-3-14(16)24)12-8-9-15(25)18(23)17(12)22/h1-9,24-25H,(H,26,27,28). The van der Waals surface area contributed by atoms with E-state index in [9.17, 15) is 23.2 Å². The maximum atomic E-state index is 13.0. The Morgan fingerprint density at radius 2 is 1.38 bits per heavy atom. The van der Waals surface area contributed by atoms with E-state index in [0.29, 0.717) is 5.02 Å². The Morgan fingerprint density at radius 1 is 0.759 bits per heavy atom. The Balaban J connectivity index is 2.63. The molecule has 0 aliphatic heterocycles. The molecule has 0 aliphatic carbocycles. The topological polar surface area (TPSA) is 94.8 Å². The van der Waals surface area contributed by atoms with Gasteiger partial charge in [-0.25, -0.2) is 0 Å². The van der Waals surface area contributed by atoms with Gasteiger partial charge in [-0.3, -0.25) is 4.55 Å². The molecule has 0 bridgehead atoms. The number of phenols is 2.